The highest BCUT2D eigenvalue weighted by Crippen LogP contribution is 2.13. The van der Waals surface area contributed by atoms with Crippen molar-refractivity contribution in [2.24, 2.45) is 0 Å². The maximum absolute atomic E-state index is 12.5. The summed E-state index contributed by atoms with van der Waals surface area (Å²) in [5.41, 5.74) is 4.19. The maximum Gasteiger partial charge on any atom is 0.270 e. The highest BCUT2D eigenvalue weighted by atomic mass is 16.1. The van der Waals surface area contributed by atoms with Crippen molar-refractivity contribution in [1.29, 1.82) is 0 Å². The summed E-state index contributed by atoms with van der Waals surface area (Å²) in [7, 11) is 0. The summed E-state index contributed by atoms with van der Waals surface area (Å²) in [4.78, 5) is 21.1. The van der Waals surface area contributed by atoms with Gasteiger partial charge in [0.2, 0.25) is 5.95 Å². The Morgan fingerprint density at radius 3 is 2.44 bits per heavy atom. The molecular formula is C20H20N4O. The maximum atomic E-state index is 12.5. The summed E-state index contributed by atoms with van der Waals surface area (Å²) in [6, 6.07) is 19.3. The molecule has 0 aliphatic rings. The number of para-hydroxylation sites is 1. The summed E-state index contributed by atoms with van der Waals surface area (Å²) >= 11 is 0. The molecule has 5 nitrogen and oxygen atoms in total. The molecule has 2 N–H and O–H groups in total. The third-order valence-corrected chi connectivity index (χ3v) is 3.82. The van der Waals surface area contributed by atoms with Gasteiger partial charge in [0.25, 0.3) is 5.91 Å². The van der Waals surface area contributed by atoms with Crippen LogP contribution in [0.25, 0.3) is 0 Å². The van der Waals surface area contributed by atoms with Crippen LogP contribution >= 0.6 is 0 Å². The molecule has 0 bridgehead atoms. The lowest BCUT2D eigenvalue weighted by Gasteiger charge is -2.10. The Morgan fingerprint density at radius 2 is 1.68 bits per heavy atom. The molecule has 0 unspecified atom stereocenters. The van der Waals surface area contributed by atoms with Crippen molar-refractivity contribution in [2.75, 3.05) is 5.32 Å². The summed E-state index contributed by atoms with van der Waals surface area (Å²) in [5.74, 6) is 0.192. The van der Waals surface area contributed by atoms with Crippen molar-refractivity contribution in [3.05, 3.63) is 83.2 Å². The van der Waals surface area contributed by atoms with Crippen LogP contribution in [0.3, 0.4) is 0 Å². The lowest BCUT2D eigenvalue weighted by Crippen LogP contribution is -2.24. The monoisotopic (exact) mass is 332 g/mol. The van der Waals surface area contributed by atoms with Crippen LogP contribution in [0.4, 0.5) is 11.6 Å². The fraction of sp³-hybridized carbons (Fsp3) is 0.150. The minimum atomic E-state index is -0.218. The number of hydrogen-bond donors (Lipinski definition) is 2. The van der Waals surface area contributed by atoms with Gasteiger partial charge in [-0.05, 0) is 43.2 Å². The van der Waals surface area contributed by atoms with E-state index in [-0.39, 0.29) is 5.91 Å². The zero-order valence-corrected chi connectivity index (χ0v) is 14.3. The van der Waals surface area contributed by atoms with Crippen molar-refractivity contribution < 1.29 is 4.79 Å². The standard InChI is InChI=1S/C20H20N4O/c1-14-8-6-7-9-16(14)13-21-19(25)18-12-15(2)22-20(24-18)23-17-10-4-3-5-11-17/h3-12H,13H2,1-2H3,(H,21,25)(H,22,23,24). The number of amides is 1. The third kappa shape index (κ3) is 4.41. The van der Waals surface area contributed by atoms with Crippen molar-refractivity contribution in [2.45, 2.75) is 20.4 Å². The quantitative estimate of drug-likeness (QED) is 0.746. The van der Waals surface area contributed by atoms with Gasteiger partial charge in [0.1, 0.15) is 5.69 Å². The summed E-state index contributed by atoms with van der Waals surface area (Å²) in [6.07, 6.45) is 0. The zero-order valence-electron chi connectivity index (χ0n) is 14.3. The third-order valence-electron chi connectivity index (χ3n) is 3.82. The van der Waals surface area contributed by atoms with Crippen LogP contribution < -0.4 is 10.6 Å². The first kappa shape index (κ1) is 16.6. The lowest BCUT2D eigenvalue weighted by atomic mass is 10.1. The van der Waals surface area contributed by atoms with Gasteiger partial charge in [-0.15, -0.1) is 0 Å². The van der Waals surface area contributed by atoms with E-state index >= 15 is 0 Å². The Labute approximate surface area is 147 Å². The normalized spacial score (nSPS) is 10.3. The molecule has 0 saturated carbocycles. The van der Waals surface area contributed by atoms with Crippen LogP contribution in [0.1, 0.15) is 27.3 Å². The molecule has 0 atom stereocenters. The van der Waals surface area contributed by atoms with Crippen LogP contribution in [-0.2, 0) is 6.54 Å². The number of hydrogen-bond acceptors (Lipinski definition) is 4. The Kier molecular flexibility index (Phi) is 5.04. The average molecular weight is 332 g/mol. The molecule has 126 valence electrons. The van der Waals surface area contributed by atoms with E-state index in [0.717, 1.165) is 22.5 Å². The Bertz CT molecular complexity index is 878. The van der Waals surface area contributed by atoms with Crippen molar-refractivity contribution in [3.63, 3.8) is 0 Å². The van der Waals surface area contributed by atoms with Crippen molar-refractivity contribution in [1.82, 2.24) is 15.3 Å². The molecule has 0 aliphatic heterocycles. The van der Waals surface area contributed by atoms with E-state index in [4.69, 9.17) is 0 Å². The molecule has 0 radical (unpaired) electrons. The highest BCUT2D eigenvalue weighted by Gasteiger charge is 2.11. The van der Waals surface area contributed by atoms with Gasteiger partial charge in [0.05, 0.1) is 0 Å². The zero-order chi connectivity index (χ0) is 17.6. The number of rotatable bonds is 5. The molecule has 25 heavy (non-hydrogen) atoms. The first-order valence-electron chi connectivity index (χ1n) is 8.12. The minimum Gasteiger partial charge on any atom is -0.347 e. The summed E-state index contributed by atoms with van der Waals surface area (Å²) < 4.78 is 0. The van der Waals surface area contributed by atoms with Gasteiger partial charge in [0, 0.05) is 17.9 Å². The first-order chi connectivity index (χ1) is 12.1. The van der Waals surface area contributed by atoms with Crippen LogP contribution in [0, 0.1) is 13.8 Å². The van der Waals surface area contributed by atoms with E-state index in [1.165, 1.54) is 0 Å². The number of benzene rings is 2. The molecule has 1 heterocycles. The summed E-state index contributed by atoms with van der Waals surface area (Å²) in [6.45, 7) is 4.34. The van der Waals surface area contributed by atoms with E-state index in [2.05, 4.69) is 20.6 Å². The largest absolute Gasteiger partial charge is 0.347 e. The number of carbonyl (C=O) groups excluding carboxylic acids is 1. The molecule has 3 rings (SSSR count). The molecule has 5 heteroatoms. The SMILES string of the molecule is Cc1cc(C(=O)NCc2ccccc2C)nc(Nc2ccccc2)n1. The van der Waals surface area contributed by atoms with Gasteiger partial charge in [-0.1, -0.05) is 42.5 Å². The minimum absolute atomic E-state index is 0.218. The van der Waals surface area contributed by atoms with Gasteiger partial charge in [0.15, 0.2) is 0 Å². The van der Waals surface area contributed by atoms with E-state index < -0.39 is 0 Å². The Morgan fingerprint density at radius 1 is 0.960 bits per heavy atom. The predicted octanol–water partition coefficient (Wildman–Crippen LogP) is 3.77. The molecule has 1 aromatic heterocycles. The average Bonchev–Trinajstić information content (AvgIpc) is 2.61. The molecule has 2 aromatic carbocycles. The number of carbonyl (C=O) groups is 1. The van der Waals surface area contributed by atoms with Gasteiger partial charge in [-0.25, -0.2) is 9.97 Å². The van der Waals surface area contributed by atoms with Crippen LogP contribution in [0.15, 0.2) is 60.7 Å². The van der Waals surface area contributed by atoms with Crippen molar-refractivity contribution >= 4 is 17.5 Å². The van der Waals surface area contributed by atoms with E-state index in [1.807, 2.05) is 68.4 Å². The molecule has 0 fully saturated rings. The second-order valence-corrected chi connectivity index (χ2v) is 5.82. The van der Waals surface area contributed by atoms with Gasteiger partial charge < -0.3 is 10.6 Å². The number of nitrogens with zero attached hydrogens (tertiary/aromatic N) is 2. The van der Waals surface area contributed by atoms with Gasteiger partial charge in [-0.2, -0.15) is 0 Å². The molecule has 3 aromatic rings. The number of aromatic nitrogens is 2. The molecule has 0 saturated heterocycles. The first-order valence-corrected chi connectivity index (χ1v) is 8.12. The number of aryl methyl sites for hydroxylation is 2. The van der Waals surface area contributed by atoms with Gasteiger partial charge in [-0.3, -0.25) is 4.79 Å². The highest BCUT2D eigenvalue weighted by molar-refractivity contribution is 5.92. The Balaban J connectivity index is 1.73. The summed E-state index contributed by atoms with van der Waals surface area (Å²) in [5, 5.41) is 6.04. The smallest absolute Gasteiger partial charge is 0.270 e. The molecule has 0 aliphatic carbocycles. The van der Waals surface area contributed by atoms with E-state index in [9.17, 15) is 4.79 Å². The molecule has 1 amide bonds. The number of anilines is 2. The second-order valence-electron chi connectivity index (χ2n) is 5.82. The van der Waals surface area contributed by atoms with Crippen molar-refractivity contribution in [3.8, 4) is 0 Å². The number of nitrogens with one attached hydrogen (secondary N) is 2. The second kappa shape index (κ2) is 7.57. The van der Waals surface area contributed by atoms with Crippen LogP contribution in [-0.4, -0.2) is 15.9 Å². The molecule has 0 spiro atoms. The van der Waals surface area contributed by atoms with Crippen LogP contribution in [0.2, 0.25) is 0 Å². The fourth-order valence-corrected chi connectivity index (χ4v) is 2.47. The van der Waals surface area contributed by atoms with E-state index in [0.29, 0.717) is 18.2 Å². The fourth-order valence-electron chi connectivity index (χ4n) is 2.47. The van der Waals surface area contributed by atoms with Crippen LogP contribution in [0.5, 0.6) is 0 Å². The predicted molar refractivity (Wildman–Crippen MR) is 98.8 cm³/mol. The topological polar surface area (TPSA) is 66.9 Å². The Hall–Kier alpha value is -3.21. The molecular weight excluding hydrogens is 312 g/mol. The van der Waals surface area contributed by atoms with Gasteiger partial charge >= 0.3 is 0 Å². The van der Waals surface area contributed by atoms with E-state index in [1.54, 1.807) is 6.07 Å². The lowest BCUT2D eigenvalue weighted by molar-refractivity contribution is 0.0945.